The number of carbonyl (C=O) groups excluding carboxylic acids is 1. The molecule has 0 aliphatic carbocycles. The van der Waals surface area contributed by atoms with Gasteiger partial charge in [-0.2, -0.15) is 0 Å². The van der Waals surface area contributed by atoms with E-state index in [2.05, 4.69) is 35.0 Å². The summed E-state index contributed by atoms with van der Waals surface area (Å²) in [6, 6.07) is 21.5. The summed E-state index contributed by atoms with van der Waals surface area (Å²) in [4.78, 5) is 17.4. The fourth-order valence-corrected chi connectivity index (χ4v) is 4.17. The fraction of sp³-hybridized carbons (Fsp3) is 0.310. The second kappa shape index (κ2) is 12.1. The second-order valence-corrected chi connectivity index (χ2v) is 8.44. The van der Waals surface area contributed by atoms with Gasteiger partial charge >= 0.3 is 0 Å². The quantitative estimate of drug-likeness (QED) is 0.283. The van der Waals surface area contributed by atoms with Gasteiger partial charge in [0, 0.05) is 18.5 Å². The minimum atomic E-state index is -0.146. The zero-order valence-electron chi connectivity index (χ0n) is 21.1. The number of hydrogen-bond donors (Lipinski definition) is 1. The van der Waals surface area contributed by atoms with E-state index in [0.29, 0.717) is 36.8 Å². The van der Waals surface area contributed by atoms with Crippen molar-refractivity contribution in [2.45, 2.75) is 32.7 Å². The van der Waals surface area contributed by atoms with Gasteiger partial charge in [-0.3, -0.25) is 4.79 Å². The van der Waals surface area contributed by atoms with E-state index >= 15 is 0 Å². The van der Waals surface area contributed by atoms with Crippen LogP contribution in [-0.2, 0) is 19.4 Å². The van der Waals surface area contributed by atoms with Gasteiger partial charge in [-0.25, -0.2) is 4.98 Å². The molecule has 36 heavy (non-hydrogen) atoms. The number of imidazole rings is 1. The van der Waals surface area contributed by atoms with Crippen LogP contribution in [0.1, 0.15) is 35.1 Å². The molecule has 0 saturated heterocycles. The van der Waals surface area contributed by atoms with Crippen LogP contribution in [0.3, 0.4) is 0 Å². The Morgan fingerprint density at radius 3 is 2.50 bits per heavy atom. The molecule has 0 atom stereocenters. The van der Waals surface area contributed by atoms with Crippen molar-refractivity contribution >= 4 is 16.9 Å². The Labute approximate surface area is 212 Å². The highest BCUT2D eigenvalue weighted by Gasteiger charge is 2.13. The van der Waals surface area contributed by atoms with Gasteiger partial charge in [0.15, 0.2) is 11.5 Å². The SMILES string of the molecule is CCc1ccc(OCCn2c(CCCNC(=O)c3ccc(OC)c(OC)c3)nc3ccccc32)cc1. The summed E-state index contributed by atoms with van der Waals surface area (Å²) in [5.74, 6) is 2.83. The average molecular weight is 488 g/mol. The molecule has 3 aromatic carbocycles. The van der Waals surface area contributed by atoms with E-state index < -0.39 is 0 Å². The lowest BCUT2D eigenvalue weighted by atomic mass is 10.2. The summed E-state index contributed by atoms with van der Waals surface area (Å²) in [6.45, 7) is 3.93. The third kappa shape index (κ3) is 5.97. The van der Waals surface area contributed by atoms with Crippen molar-refractivity contribution in [2.24, 2.45) is 0 Å². The normalized spacial score (nSPS) is 10.9. The van der Waals surface area contributed by atoms with Crippen LogP contribution in [0.25, 0.3) is 11.0 Å². The minimum Gasteiger partial charge on any atom is -0.493 e. The molecule has 1 aromatic heterocycles. The van der Waals surface area contributed by atoms with Crippen molar-refractivity contribution in [1.29, 1.82) is 0 Å². The maximum atomic E-state index is 12.6. The molecule has 0 fully saturated rings. The van der Waals surface area contributed by atoms with E-state index in [1.807, 2.05) is 30.3 Å². The molecule has 1 amide bonds. The first-order valence-corrected chi connectivity index (χ1v) is 12.3. The number of ether oxygens (including phenoxy) is 3. The van der Waals surface area contributed by atoms with E-state index in [0.717, 1.165) is 41.9 Å². The molecule has 4 rings (SSSR count). The van der Waals surface area contributed by atoms with Crippen molar-refractivity contribution in [3.8, 4) is 17.2 Å². The van der Waals surface area contributed by atoms with Gasteiger partial charge in [-0.15, -0.1) is 0 Å². The highest BCUT2D eigenvalue weighted by molar-refractivity contribution is 5.94. The summed E-state index contributed by atoms with van der Waals surface area (Å²) in [5, 5.41) is 2.99. The van der Waals surface area contributed by atoms with Crippen molar-refractivity contribution in [3.63, 3.8) is 0 Å². The Morgan fingerprint density at radius 2 is 1.75 bits per heavy atom. The molecule has 188 valence electrons. The zero-order valence-corrected chi connectivity index (χ0v) is 21.1. The van der Waals surface area contributed by atoms with Crippen LogP contribution in [0.4, 0.5) is 0 Å². The first-order chi connectivity index (χ1) is 17.6. The largest absolute Gasteiger partial charge is 0.493 e. The van der Waals surface area contributed by atoms with Gasteiger partial charge in [0.2, 0.25) is 0 Å². The van der Waals surface area contributed by atoms with Crippen LogP contribution in [0.5, 0.6) is 17.2 Å². The van der Waals surface area contributed by atoms with Gasteiger partial charge in [-0.05, 0) is 60.9 Å². The molecule has 7 nitrogen and oxygen atoms in total. The van der Waals surface area contributed by atoms with Crippen molar-refractivity contribution in [2.75, 3.05) is 27.4 Å². The zero-order chi connectivity index (χ0) is 25.3. The Balaban J connectivity index is 1.35. The molecule has 1 heterocycles. The minimum absolute atomic E-state index is 0.146. The van der Waals surface area contributed by atoms with Crippen molar-refractivity contribution in [1.82, 2.24) is 14.9 Å². The lowest BCUT2D eigenvalue weighted by Gasteiger charge is -2.12. The van der Waals surface area contributed by atoms with Crippen molar-refractivity contribution in [3.05, 3.63) is 83.7 Å². The fourth-order valence-electron chi connectivity index (χ4n) is 4.17. The van der Waals surface area contributed by atoms with Gasteiger partial charge in [0.25, 0.3) is 5.91 Å². The van der Waals surface area contributed by atoms with E-state index in [4.69, 9.17) is 19.2 Å². The third-order valence-corrected chi connectivity index (χ3v) is 6.16. The topological polar surface area (TPSA) is 74.6 Å². The molecule has 0 saturated carbocycles. The lowest BCUT2D eigenvalue weighted by Crippen LogP contribution is -2.25. The molecule has 4 aromatic rings. The smallest absolute Gasteiger partial charge is 0.251 e. The molecular weight excluding hydrogens is 454 g/mol. The number of para-hydroxylation sites is 2. The number of nitrogens with zero attached hydrogens (tertiary/aromatic N) is 2. The average Bonchev–Trinajstić information content (AvgIpc) is 3.28. The Kier molecular flexibility index (Phi) is 8.44. The highest BCUT2D eigenvalue weighted by Crippen LogP contribution is 2.27. The summed E-state index contributed by atoms with van der Waals surface area (Å²) < 4.78 is 18.8. The number of benzene rings is 3. The summed E-state index contributed by atoms with van der Waals surface area (Å²) >= 11 is 0. The van der Waals surface area contributed by atoms with Crippen LogP contribution in [0, 0.1) is 0 Å². The van der Waals surface area contributed by atoms with Gasteiger partial charge in [0.1, 0.15) is 18.2 Å². The number of nitrogens with one attached hydrogen (secondary N) is 1. The molecule has 0 spiro atoms. The highest BCUT2D eigenvalue weighted by atomic mass is 16.5. The predicted octanol–water partition coefficient (Wildman–Crippen LogP) is 5.06. The monoisotopic (exact) mass is 487 g/mol. The van der Waals surface area contributed by atoms with Crippen LogP contribution >= 0.6 is 0 Å². The van der Waals surface area contributed by atoms with Crippen LogP contribution < -0.4 is 19.5 Å². The van der Waals surface area contributed by atoms with Crippen LogP contribution in [0.15, 0.2) is 66.7 Å². The first kappa shape index (κ1) is 25.1. The summed E-state index contributed by atoms with van der Waals surface area (Å²) in [7, 11) is 3.12. The lowest BCUT2D eigenvalue weighted by molar-refractivity contribution is 0.0952. The molecular formula is C29H33N3O4. The molecule has 0 aliphatic rings. The van der Waals surface area contributed by atoms with Crippen molar-refractivity contribution < 1.29 is 19.0 Å². The van der Waals surface area contributed by atoms with E-state index in [9.17, 15) is 4.79 Å². The molecule has 0 radical (unpaired) electrons. The van der Waals surface area contributed by atoms with E-state index in [1.165, 1.54) is 5.56 Å². The first-order valence-electron chi connectivity index (χ1n) is 12.3. The van der Waals surface area contributed by atoms with E-state index in [1.54, 1.807) is 32.4 Å². The molecule has 0 unspecified atom stereocenters. The van der Waals surface area contributed by atoms with Gasteiger partial charge in [0.05, 0.1) is 31.8 Å². The standard InChI is InChI=1S/C29H33N3O4/c1-4-21-11-14-23(15-12-21)36-19-18-32-25-9-6-5-8-24(25)31-28(32)10-7-17-30-29(33)22-13-16-26(34-2)27(20-22)35-3/h5-6,8-9,11-16,20H,4,7,10,17-19H2,1-3H3,(H,30,33). The second-order valence-electron chi connectivity index (χ2n) is 8.44. The molecule has 7 heteroatoms. The van der Waals surface area contributed by atoms with Crippen LogP contribution in [-0.4, -0.2) is 42.8 Å². The summed E-state index contributed by atoms with van der Waals surface area (Å²) in [5.41, 5.74) is 3.88. The Morgan fingerprint density at radius 1 is 0.972 bits per heavy atom. The predicted molar refractivity (Wildman–Crippen MR) is 141 cm³/mol. The molecule has 1 N–H and O–H groups in total. The summed E-state index contributed by atoms with van der Waals surface area (Å²) in [6.07, 6.45) is 2.52. The number of fused-ring (bicyclic) bond motifs is 1. The van der Waals surface area contributed by atoms with E-state index in [-0.39, 0.29) is 5.91 Å². The number of hydrogen-bond acceptors (Lipinski definition) is 5. The number of aryl methyl sites for hydroxylation is 2. The van der Waals surface area contributed by atoms with Gasteiger partial charge < -0.3 is 24.1 Å². The number of amides is 1. The Hall–Kier alpha value is -4.00. The number of rotatable bonds is 12. The third-order valence-electron chi connectivity index (χ3n) is 6.16. The number of methoxy groups -OCH3 is 2. The molecule has 0 bridgehead atoms. The molecule has 0 aliphatic heterocycles. The Bertz CT molecular complexity index is 1300. The maximum absolute atomic E-state index is 12.6. The number of aromatic nitrogens is 2. The maximum Gasteiger partial charge on any atom is 0.251 e. The van der Waals surface area contributed by atoms with Gasteiger partial charge in [-0.1, -0.05) is 31.2 Å². The number of carbonyl (C=O) groups is 1. The van der Waals surface area contributed by atoms with Crippen LogP contribution in [0.2, 0.25) is 0 Å².